The summed E-state index contributed by atoms with van der Waals surface area (Å²) >= 11 is 0. The fourth-order valence-electron chi connectivity index (χ4n) is 1.64. The van der Waals surface area contributed by atoms with Crippen LogP contribution in [0.2, 0.25) is 0 Å². The molecule has 7 heteroatoms. The van der Waals surface area contributed by atoms with E-state index in [-0.39, 0.29) is 24.3 Å². The lowest BCUT2D eigenvalue weighted by atomic mass is 10.1. The number of hydrogen-bond acceptors (Lipinski definition) is 7. The van der Waals surface area contributed by atoms with Gasteiger partial charge < -0.3 is 16.2 Å². The minimum atomic E-state index is -0.505. The van der Waals surface area contributed by atoms with Crippen LogP contribution in [-0.4, -0.2) is 20.9 Å². The van der Waals surface area contributed by atoms with E-state index < -0.39 is 5.97 Å². The van der Waals surface area contributed by atoms with Crippen LogP contribution < -0.4 is 11.5 Å². The van der Waals surface area contributed by atoms with Crippen LogP contribution in [0.5, 0.6) is 0 Å². The molecular formula is C14H15N5O2. The van der Waals surface area contributed by atoms with Gasteiger partial charge in [0, 0.05) is 6.08 Å². The number of rotatable bonds is 4. The quantitative estimate of drug-likeness (QED) is 0.638. The first-order valence-electron chi connectivity index (χ1n) is 6.20. The zero-order valence-corrected chi connectivity index (χ0v) is 11.5. The second-order valence-electron chi connectivity index (χ2n) is 4.32. The number of nitrogen functional groups attached to an aromatic ring is 2. The van der Waals surface area contributed by atoms with Gasteiger partial charge in [0.1, 0.15) is 0 Å². The number of carbonyl (C=O) groups excluding carboxylic acids is 1. The first-order valence-corrected chi connectivity index (χ1v) is 6.20. The van der Waals surface area contributed by atoms with Gasteiger partial charge in [-0.1, -0.05) is 29.8 Å². The third kappa shape index (κ3) is 4.57. The lowest BCUT2D eigenvalue weighted by Crippen LogP contribution is -2.09. The molecule has 0 aliphatic carbocycles. The van der Waals surface area contributed by atoms with Gasteiger partial charge in [0.05, 0.1) is 0 Å². The van der Waals surface area contributed by atoms with Crippen molar-refractivity contribution in [3.63, 3.8) is 0 Å². The van der Waals surface area contributed by atoms with Crippen molar-refractivity contribution in [3.05, 3.63) is 47.3 Å². The number of esters is 1. The van der Waals surface area contributed by atoms with Gasteiger partial charge in [-0.3, -0.25) is 0 Å². The van der Waals surface area contributed by atoms with Crippen molar-refractivity contribution in [1.29, 1.82) is 0 Å². The van der Waals surface area contributed by atoms with Crippen LogP contribution in [0.3, 0.4) is 0 Å². The molecule has 0 atom stereocenters. The van der Waals surface area contributed by atoms with Crippen molar-refractivity contribution in [3.8, 4) is 0 Å². The molecule has 0 radical (unpaired) electrons. The van der Waals surface area contributed by atoms with Crippen molar-refractivity contribution in [2.75, 3.05) is 11.5 Å². The molecular weight excluding hydrogens is 270 g/mol. The summed E-state index contributed by atoms with van der Waals surface area (Å²) in [5.41, 5.74) is 12.9. The second kappa shape index (κ2) is 6.47. The topological polar surface area (TPSA) is 117 Å². The van der Waals surface area contributed by atoms with E-state index in [4.69, 9.17) is 16.2 Å². The van der Waals surface area contributed by atoms with Gasteiger partial charge in [0.2, 0.25) is 11.9 Å². The number of benzene rings is 1. The van der Waals surface area contributed by atoms with Gasteiger partial charge in [-0.05, 0) is 18.6 Å². The molecule has 1 aromatic carbocycles. The third-order valence-corrected chi connectivity index (χ3v) is 2.51. The highest BCUT2D eigenvalue weighted by atomic mass is 16.5. The monoisotopic (exact) mass is 285 g/mol. The highest BCUT2D eigenvalue weighted by molar-refractivity contribution is 5.87. The lowest BCUT2D eigenvalue weighted by molar-refractivity contribution is -0.139. The van der Waals surface area contributed by atoms with Crippen LogP contribution in [0, 0.1) is 6.92 Å². The van der Waals surface area contributed by atoms with Crippen molar-refractivity contribution >= 4 is 23.9 Å². The smallest absolute Gasteiger partial charge is 0.331 e. The number of anilines is 2. The van der Waals surface area contributed by atoms with Crippen LogP contribution in [0.1, 0.15) is 17.0 Å². The molecule has 0 saturated heterocycles. The third-order valence-electron chi connectivity index (χ3n) is 2.51. The van der Waals surface area contributed by atoms with E-state index in [1.54, 1.807) is 6.08 Å². The molecule has 4 N–H and O–H groups in total. The number of aromatic nitrogens is 3. The van der Waals surface area contributed by atoms with E-state index in [0.29, 0.717) is 0 Å². The average molecular weight is 285 g/mol. The molecule has 7 nitrogen and oxygen atoms in total. The number of nitrogens with two attached hydrogens (primary N) is 2. The van der Waals surface area contributed by atoms with E-state index in [9.17, 15) is 4.79 Å². The Balaban J connectivity index is 1.93. The van der Waals surface area contributed by atoms with E-state index in [0.717, 1.165) is 11.1 Å². The predicted octanol–water partition coefficient (Wildman–Crippen LogP) is 1.10. The van der Waals surface area contributed by atoms with Gasteiger partial charge in [0.25, 0.3) is 0 Å². The van der Waals surface area contributed by atoms with E-state index >= 15 is 0 Å². The van der Waals surface area contributed by atoms with Crippen LogP contribution in [0.25, 0.3) is 6.08 Å². The molecule has 0 aliphatic heterocycles. The van der Waals surface area contributed by atoms with Crippen LogP contribution >= 0.6 is 0 Å². The SMILES string of the molecule is Cc1cccc(/C=C/C(=O)OCc2nc(N)nc(N)n2)c1. The maximum absolute atomic E-state index is 11.6. The summed E-state index contributed by atoms with van der Waals surface area (Å²) in [6, 6.07) is 7.74. The van der Waals surface area contributed by atoms with Crippen molar-refractivity contribution in [1.82, 2.24) is 15.0 Å². The van der Waals surface area contributed by atoms with Crippen LogP contribution in [-0.2, 0) is 16.1 Å². The number of ether oxygens (including phenoxy) is 1. The zero-order chi connectivity index (χ0) is 15.2. The normalized spacial score (nSPS) is 10.7. The van der Waals surface area contributed by atoms with E-state index in [1.165, 1.54) is 6.08 Å². The zero-order valence-electron chi connectivity index (χ0n) is 11.5. The number of carbonyl (C=O) groups is 1. The van der Waals surface area contributed by atoms with Gasteiger partial charge in [-0.2, -0.15) is 15.0 Å². The highest BCUT2D eigenvalue weighted by Crippen LogP contribution is 2.06. The summed E-state index contributed by atoms with van der Waals surface area (Å²) in [6.45, 7) is 1.86. The molecule has 0 fully saturated rings. The van der Waals surface area contributed by atoms with Crippen molar-refractivity contribution < 1.29 is 9.53 Å². The van der Waals surface area contributed by atoms with Crippen LogP contribution in [0.4, 0.5) is 11.9 Å². The Hall–Kier alpha value is -2.96. The molecule has 1 aromatic heterocycles. The van der Waals surface area contributed by atoms with Crippen LogP contribution in [0.15, 0.2) is 30.3 Å². The molecule has 0 amide bonds. The maximum atomic E-state index is 11.6. The summed E-state index contributed by atoms with van der Waals surface area (Å²) in [4.78, 5) is 22.8. The van der Waals surface area contributed by atoms with Gasteiger partial charge in [0.15, 0.2) is 12.4 Å². The maximum Gasteiger partial charge on any atom is 0.331 e. The standard InChI is InChI=1S/C14H15N5O2/c1-9-3-2-4-10(7-9)5-6-12(20)21-8-11-17-13(15)19-14(16)18-11/h2-7H,8H2,1H3,(H4,15,16,17,18,19)/b6-5+. The van der Waals surface area contributed by atoms with Crippen molar-refractivity contribution in [2.45, 2.75) is 13.5 Å². The largest absolute Gasteiger partial charge is 0.454 e. The first kappa shape index (κ1) is 14.4. The molecule has 1 heterocycles. The Morgan fingerprint density at radius 3 is 2.62 bits per heavy atom. The van der Waals surface area contributed by atoms with Crippen molar-refractivity contribution in [2.24, 2.45) is 0 Å². The summed E-state index contributed by atoms with van der Waals surface area (Å²) in [5.74, 6) is -0.320. The molecule has 0 bridgehead atoms. The lowest BCUT2D eigenvalue weighted by Gasteiger charge is -2.02. The molecule has 0 saturated carbocycles. The fraction of sp³-hybridized carbons (Fsp3) is 0.143. The Morgan fingerprint density at radius 2 is 1.95 bits per heavy atom. The van der Waals surface area contributed by atoms with Gasteiger partial charge in [-0.15, -0.1) is 0 Å². The summed E-state index contributed by atoms with van der Waals surface area (Å²) in [6.07, 6.45) is 3.01. The predicted molar refractivity (Wildman–Crippen MR) is 78.7 cm³/mol. The second-order valence-corrected chi connectivity index (χ2v) is 4.32. The number of aryl methyl sites for hydroxylation is 1. The molecule has 0 unspecified atom stereocenters. The first-order chi connectivity index (χ1) is 10.0. The summed E-state index contributed by atoms with van der Waals surface area (Å²) in [5, 5.41) is 0. The molecule has 0 aliphatic rings. The molecule has 108 valence electrons. The molecule has 2 rings (SSSR count). The number of hydrogen-bond donors (Lipinski definition) is 2. The Morgan fingerprint density at radius 1 is 1.24 bits per heavy atom. The van der Waals surface area contributed by atoms with Gasteiger partial charge in [-0.25, -0.2) is 4.79 Å². The molecule has 21 heavy (non-hydrogen) atoms. The molecule has 2 aromatic rings. The fourth-order valence-corrected chi connectivity index (χ4v) is 1.64. The number of nitrogens with zero attached hydrogens (tertiary/aromatic N) is 3. The Bertz CT molecular complexity index is 665. The molecule has 0 spiro atoms. The average Bonchev–Trinajstić information content (AvgIpc) is 2.42. The minimum Gasteiger partial charge on any atom is -0.454 e. The Kier molecular flexibility index (Phi) is 4.45. The summed E-state index contributed by atoms with van der Waals surface area (Å²) < 4.78 is 5.00. The Labute approximate surface area is 121 Å². The summed E-state index contributed by atoms with van der Waals surface area (Å²) in [7, 11) is 0. The highest BCUT2D eigenvalue weighted by Gasteiger charge is 2.04. The minimum absolute atomic E-state index is 0.0103. The van der Waals surface area contributed by atoms with E-state index in [1.807, 2.05) is 31.2 Å². The van der Waals surface area contributed by atoms with Gasteiger partial charge >= 0.3 is 5.97 Å². The van der Waals surface area contributed by atoms with E-state index in [2.05, 4.69) is 15.0 Å².